The van der Waals surface area contributed by atoms with E-state index in [0.29, 0.717) is 0 Å². The number of hydrogen-bond acceptors (Lipinski definition) is 0. The first kappa shape index (κ1) is 10.4. The molecule has 0 radical (unpaired) electrons. The molecule has 0 aliphatic heterocycles. The maximum Gasteiger partial charge on any atom is 0.00395 e. The van der Waals surface area contributed by atoms with E-state index in [9.17, 15) is 0 Å². The van der Waals surface area contributed by atoms with Gasteiger partial charge in [0, 0.05) is 10.2 Å². The fourth-order valence-corrected chi connectivity index (χ4v) is 3.06. The van der Waals surface area contributed by atoms with Crippen LogP contribution in [0.5, 0.6) is 0 Å². The molecule has 0 aromatic rings. The zero-order valence-electron chi connectivity index (χ0n) is 7.27. The molecule has 2 aliphatic rings. The first-order valence-corrected chi connectivity index (χ1v) is 6.23. The monoisotopic (exact) mass is 172 g/mol. The third-order valence-corrected chi connectivity index (χ3v) is 3.85. The van der Waals surface area contributed by atoms with Crippen molar-refractivity contribution in [3.05, 3.63) is 23.3 Å². The van der Waals surface area contributed by atoms with E-state index < -0.39 is 0 Å². The average molecular weight is 172 g/mol. The van der Waals surface area contributed by atoms with Crippen molar-refractivity contribution in [3.8, 4) is 0 Å². The van der Waals surface area contributed by atoms with Gasteiger partial charge in [-0.1, -0.05) is 23.8 Å². The molecule has 0 heterocycles. The maximum atomic E-state index is 2.43. The fourth-order valence-electron chi connectivity index (χ4n) is 2.30. The van der Waals surface area contributed by atoms with Crippen LogP contribution >= 0.6 is 0 Å². The number of rotatable bonds is 1. The van der Waals surface area contributed by atoms with Crippen LogP contribution in [-0.4, -0.2) is 29.1 Å². The number of allylic oxidation sites excluding steroid dienone is 4. The molecule has 2 aliphatic carbocycles. The van der Waals surface area contributed by atoms with Gasteiger partial charge in [-0.2, -0.15) is 0 Å². The molecule has 0 aromatic carbocycles. The van der Waals surface area contributed by atoms with E-state index in [0.717, 1.165) is 5.92 Å². The van der Waals surface area contributed by atoms with Gasteiger partial charge in [-0.25, -0.2) is 0 Å². The summed E-state index contributed by atoms with van der Waals surface area (Å²) in [5.41, 5.74) is 3.49. The second-order valence-electron chi connectivity index (χ2n) is 3.63. The Hall–Kier alpha value is 0.294. The van der Waals surface area contributed by atoms with Gasteiger partial charge in [0.25, 0.3) is 0 Å². The third kappa shape index (κ3) is 1.79. The predicted molar refractivity (Wildman–Crippen MR) is 60.0 cm³/mol. The molecule has 0 nitrogen and oxygen atoms in total. The molecular weight excluding hydrogens is 155 g/mol. The molecule has 0 bridgehead atoms. The molecule has 1 atom stereocenters. The fraction of sp³-hybridized carbons (Fsp3) is 0.600. The van der Waals surface area contributed by atoms with Gasteiger partial charge in [-0.05, 0) is 37.2 Å². The van der Waals surface area contributed by atoms with Gasteiger partial charge in [0.2, 0.25) is 0 Å². The Morgan fingerprint density at radius 2 is 2.08 bits per heavy atom. The number of hydrogen-bond donors (Lipinski definition) is 0. The van der Waals surface area contributed by atoms with Crippen molar-refractivity contribution >= 4 is 29.1 Å². The topological polar surface area (TPSA) is 0 Å². The summed E-state index contributed by atoms with van der Waals surface area (Å²) in [5.74, 6) is 0.872. The van der Waals surface area contributed by atoms with Crippen LogP contribution in [0.3, 0.4) is 0 Å². The van der Waals surface area contributed by atoms with Crippen molar-refractivity contribution in [2.24, 2.45) is 5.92 Å². The van der Waals surface area contributed by atoms with Crippen molar-refractivity contribution in [1.82, 2.24) is 0 Å². The Morgan fingerprint density at radius 1 is 1.33 bits per heavy atom. The standard InChI is InChI=1S/C10H16Si.Li.H/c11-7-9-6-5-8-3-1-2-4-10(8)9;;/h5-6,9H,1-4,7H2,11H3;;. The zero-order chi connectivity index (χ0) is 7.68. The van der Waals surface area contributed by atoms with Crippen LogP contribution in [-0.2, 0) is 0 Å². The van der Waals surface area contributed by atoms with Crippen LogP contribution < -0.4 is 0 Å². The second-order valence-corrected chi connectivity index (χ2v) is 4.45. The molecule has 62 valence electrons. The zero-order valence-corrected chi connectivity index (χ0v) is 9.27. The minimum atomic E-state index is 0. The van der Waals surface area contributed by atoms with Crippen molar-refractivity contribution in [3.63, 3.8) is 0 Å². The molecule has 1 unspecified atom stereocenters. The molecule has 0 aromatic heterocycles. The van der Waals surface area contributed by atoms with Gasteiger partial charge in [-0.15, -0.1) is 0 Å². The van der Waals surface area contributed by atoms with Crippen LogP contribution in [0.4, 0.5) is 0 Å². The van der Waals surface area contributed by atoms with E-state index >= 15 is 0 Å². The van der Waals surface area contributed by atoms with Crippen molar-refractivity contribution in [1.29, 1.82) is 0 Å². The molecule has 0 spiro atoms. The Kier molecular flexibility index (Phi) is 3.90. The van der Waals surface area contributed by atoms with Crippen molar-refractivity contribution < 1.29 is 0 Å². The minimum Gasteiger partial charge on any atom is -0.0774 e. The summed E-state index contributed by atoms with van der Waals surface area (Å²) in [6.45, 7) is 0. The third-order valence-electron chi connectivity index (χ3n) is 2.97. The predicted octanol–water partition coefficient (Wildman–Crippen LogP) is 1.18. The molecule has 12 heavy (non-hydrogen) atoms. The Bertz CT molecular complexity index is 218. The van der Waals surface area contributed by atoms with Gasteiger partial charge in [0.05, 0.1) is 0 Å². The summed E-state index contributed by atoms with van der Waals surface area (Å²) < 4.78 is 0. The normalized spacial score (nSPS) is 27.2. The first-order valence-electron chi connectivity index (χ1n) is 4.82. The van der Waals surface area contributed by atoms with Gasteiger partial charge in [0.15, 0.2) is 0 Å². The van der Waals surface area contributed by atoms with Crippen molar-refractivity contribution in [2.75, 3.05) is 0 Å². The molecule has 0 N–H and O–H groups in total. The summed E-state index contributed by atoms with van der Waals surface area (Å²) in [5, 5.41) is 0. The quantitative estimate of drug-likeness (QED) is 0.521. The SMILES string of the molecule is [LiH].[SiH3]CC1C=CC2=C1CCCC2. The smallest absolute Gasteiger partial charge is 0.00395 e. The van der Waals surface area contributed by atoms with Crippen molar-refractivity contribution in [2.45, 2.75) is 31.7 Å². The molecule has 0 fully saturated rings. The largest absolute Gasteiger partial charge is 0.0774 e. The molecule has 2 rings (SSSR count). The van der Waals surface area contributed by atoms with E-state index in [-0.39, 0.29) is 18.9 Å². The Morgan fingerprint density at radius 3 is 2.83 bits per heavy atom. The van der Waals surface area contributed by atoms with Gasteiger partial charge >= 0.3 is 18.9 Å². The van der Waals surface area contributed by atoms with Crippen LogP contribution in [0.15, 0.2) is 23.3 Å². The molecule has 0 amide bonds. The molecule has 0 saturated carbocycles. The summed E-state index contributed by atoms with van der Waals surface area (Å²) in [7, 11) is 1.36. The van der Waals surface area contributed by atoms with Crippen LogP contribution in [0, 0.1) is 5.92 Å². The first-order chi connectivity index (χ1) is 5.42. The van der Waals surface area contributed by atoms with Gasteiger partial charge in [-0.3, -0.25) is 0 Å². The molecular formula is C10H17LiSi. The Balaban J connectivity index is 0.000000720. The second kappa shape index (κ2) is 4.51. The summed E-state index contributed by atoms with van der Waals surface area (Å²) in [6, 6.07) is 1.44. The minimum absolute atomic E-state index is 0. The van der Waals surface area contributed by atoms with Crippen LogP contribution in [0.2, 0.25) is 6.04 Å². The van der Waals surface area contributed by atoms with Gasteiger partial charge < -0.3 is 0 Å². The summed E-state index contributed by atoms with van der Waals surface area (Å²) in [6.07, 6.45) is 10.5. The van der Waals surface area contributed by atoms with E-state index in [1.165, 1.54) is 42.0 Å². The maximum absolute atomic E-state index is 2.43. The Labute approximate surface area is 90.1 Å². The van der Waals surface area contributed by atoms with Crippen LogP contribution in [0.1, 0.15) is 25.7 Å². The van der Waals surface area contributed by atoms with E-state index in [1.54, 1.807) is 11.1 Å². The van der Waals surface area contributed by atoms with Crippen LogP contribution in [0.25, 0.3) is 0 Å². The molecule has 0 saturated heterocycles. The summed E-state index contributed by atoms with van der Waals surface area (Å²) >= 11 is 0. The summed E-state index contributed by atoms with van der Waals surface area (Å²) in [4.78, 5) is 0. The average Bonchev–Trinajstić information content (AvgIpc) is 2.47. The van der Waals surface area contributed by atoms with E-state index in [4.69, 9.17) is 0 Å². The van der Waals surface area contributed by atoms with E-state index in [2.05, 4.69) is 12.2 Å². The van der Waals surface area contributed by atoms with Gasteiger partial charge in [0.1, 0.15) is 0 Å². The molecule has 2 heteroatoms. The van der Waals surface area contributed by atoms with E-state index in [1.807, 2.05) is 0 Å².